The van der Waals surface area contributed by atoms with Gasteiger partial charge in [0.2, 0.25) is 0 Å². The second kappa shape index (κ2) is 6.14. The molecule has 1 amide bonds. The summed E-state index contributed by atoms with van der Waals surface area (Å²) in [6.07, 6.45) is 2.82. The number of hydrogen-bond donors (Lipinski definition) is 1. The lowest BCUT2D eigenvalue weighted by Crippen LogP contribution is -2.53. The summed E-state index contributed by atoms with van der Waals surface area (Å²) in [5, 5.41) is 20.8. The first-order valence-electron chi connectivity index (χ1n) is 7.39. The predicted molar refractivity (Wildman–Crippen MR) is 80.2 cm³/mol. The Hall–Kier alpha value is -1.42. The summed E-state index contributed by atoms with van der Waals surface area (Å²) in [6.45, 7) is 2.96. The molecule has 0 radical (unpaired) electrons. The van der Waals surface area contributed by atoms with E-state index >= 15 is 0 Å². The lowest BCUT2D eigenvalue weighted by molar-refractivity contribution is 0.0317. The molecule has 1 aromatic rings. The van der Waals surface area contributed by atoms with Gasteiger partial charge in [0.1, 0.15) is 10.9 Å². The molecule has 0 spiro atoms. The monoisotopic (exact) mass is 305 g/mol. The molecule has 3 rings (SSSR count). The van der Waals surface area contributed by atoms with Gasteiger partial charge in [-0.1, -0.05) is 0 Å². The number of hydrogen-bond acceptors (Lipinski definition) is 5. The van der Waals surface area contributed by atoms with Crippen LogP contribution in [0, 0.1) is 11.3 Å². The Morgan fingerprint density at radius 2 is 2.10 bits per heavy atom. The number of piperazine rings is 1. The molecule has 2 heterocycles. The molecule has 1 aromatic heterocycles. The van der Waals surface area contributed by atoms with Gasteiger partial charge in [0.05, 0.1) is 11.7 Å². The first-order chi connectivity index (χ1) is 10.2. The Bertz CT molecular complexity index is 558. The maximum atomic E-state index is 12.5. The number of aliphatic hydroxyl groups excluding tert-OH is 1. The molecule has 1 saturated heterocycles. The van der Waals surface area contributed by atoms with Crippen molar-refractivity contribution in [1.82, 2.24) is 9.80 Å². The van der Waals surface area contributed by atoms with Crippen LogP contribution >= 0.6 is 11.3 Å². The fourth-order valence-corrected chi connectivity index (χ4v) is 4.12. The third kappa shape index (κ3) is 2.82. The van der Waals surface area contributed by atoms with Crippen molar-refractivity contribution < 1.29 is 9.90 Å². The van der Waals surface area contributed by atoms with Gasteiger partial charge < -0.3 is 10.0 Å². The van der Waals surface area contributed by atoms with Gasteiger partial charge in [-0.25, -0.2) is 0 Å². The highest BCUT2D eigenvalue weighted by Gasteiger charge is 2.33. The SMILES string of the molecule is N#Cc1ccsc1C(=O)N1CCN([C@@H]2CCC[C@@H]2O)CC1. The molecule has 2 atom stereocenters. The first-order valence-corrected chi connectivity index (χ1v) is 8.27. The van der Waals surface area contributed by atoms with Gasteiger partial charge in [0.25, 0.3) is 5.91 Å². The second-order valence-electron chi connectivity index (χ2n) is 5.67. The van der Waals surface area contributed by atoms with Gasteiger partial charge in [-0.2, -0.15) is 5.26 Å². The van der Waals surface area contributed by atoms with Crippen LogP contribution < -0.4 is 0 Å². The van der Waals surface area contributed by atoms with Gasteiger partial charge in [-0.15, -0.1) is 11.3 Å². The van der Waals surface area contributed by atoms with Crippen molar-refractivity contribution in [1.29, 1.82) is 5.26 Å². The van der Waals surface area contributed by atoms with Crippen molar-refractivity contribution in [3.8, 4) is 6.07 Å². The van der Waals surface area contributed by atoms with Crippen LogP contribution in [-0.2, 0) is 0 Å². The van der Waals surface area contributed by atoms with Gasteiger partial charge in [-0.3, -0.25) is 9.69 Å². The van der Waals surface area contributed by atoms with Crippen molar-refractivity contribution in [3.05, 3.63) is 21.9 Å². The van der Waals surface area contributed by atoms with Crippen LogP contribution in [0.4, 0.5) is 0 Å². The van der Waals surface area contributed by atoms with Crippen LogP contribution in [0.1, 0.15) is 34.5 Å². The van der Waals surface area contributed by atoms with E-state index in [0.29, 0.717) is 23.5 Å². The van der Waals surface area contributed by atoms with Gasteiger partial charge in [0, 0.05) is 32.2 Å². The van der Waals surface area contributed by atoms with Crippen molar-refractivity contribution in [2.24, 2.45) is 0 Å². The third-order valence-electron chi connectivity index (χ3n) is 4.49. The summed E-state index contributed by atoms with van der Waals surface area (Å²) in [5.74, 6) is -0.0341. The number of nitrogens with zero attached hydrogens (tertiary/aromatic N) is 3. The Morgan fingerprint density at radius 1 is 1.33 bits per heavy atom. The molecule has 112 valence electrons. The molecular weight excluding hydrogens is 286 g/mol. The Labute approximate surface area is 128 Å². The number of amides is 1. The fraction of sp³-hybridized carbons (Fsp3) is 0.600. The topological polar surface area (TPSA) is 67.6 Å². The molecule has 5 nitrogen and oxygen atoms in total. The minimum Gasteiger partial charge on any atom is -0.391 e. The summed E-state index contributed by atoms with van der Waals surface area (Å²) in [7, 11) is 0. The van der Waals surface area contributed by atoms with E-state index in [1.54, 1.807) is 11.4 Å². The number of carbonyl (C=O) groups is 1. The molecule has 1 N–H and O–H groups in total. The summed E-state index contributed by atoms with van der Waals surface area (Å²) in [6, 6.07) is 4.03. The van der Waals surface area contributed by atoms with Gasteiger partial charge in [-0.05, 0) is 30.7 Å². The van der Waals surface area contributed by atoms with E-state index in [4.69, 9.17) is 5.26 Å². The molecule has 2 fully saturated rings. The van der Waals surface area contributed by atoms with E-state index in [9.17, 15) is 9.90 Å². The summed E-state index contributed by atoms with van der Waals surface area (Å²) in [4.78, 5) is 17.1. The number of nitriles is 1. The summed E-state index contributed by atoms with van der Waals surface area (Å²) < 4.78 is 0. The highest BCUT2D eigenvalue weighted by molar-refractivity contribution is 7.12. The van der Waals surface area contributed by atoms with Crippen molar-refractivity contribution >= 4 is 17.2 Å². The van der Waals surface area contributed by atoms with Crippen LogP contribution in [0.25, 0.3) is 0 Å². The van der Waals surface area contributed by atoms with Crippen LogP contribution in [0.15, 0.2) is 11.4 Å². The zero-order chi connectivity index (χ0) is 14.8. The molecule has 1 saturated carbocycles. The summed E-state index contributed by atoms with van der Waals surface area (Å²) >= 11 is 1.34. The maximum Gasteiger partial charge on any atom is 0.265 e. The molecule has 21 heavy (non-hydrogen) atoms. The number of rotatable bonds is 2. The maximum absolute atomic E-state index is 12.5. The van der Waals surface area contributed by atoms with Crippen molar-refractivity contribution in [2.45, 2.75) is 31.4 Å². The van der Waals surface area contributed by atoms with E-state index in [0.717, 1.165) is 32.4 Å². The second-order valence-corrected chi connectivity index (χ2v) is 6.59. The first kappa shape index (κ1) is 14.5. The van der Waals surface area contributed by atoms with Crippen LogP contribution in [0.3, 0.4) is 0 Å². The Balaban J connectivity index is 1.61. The van der Waals surface area contributed by atoms with Crippen molar-refractivity contribution in [3.63, 3.8) is 0 Å². The Kier molecular flexibility index (Phi) is 4.24. The van der Waals surface area contributed by atoms with Crippen molar-refractivity contribution in [2.75, 3.05) is 26.2 Å². The van der Waals surface area contributed by atoms with Gasteiger partial charge >= 0.3 is 0 Å². The molecule has 0 unspecified atom stereocenters. The standard InChI is InChI=1S/C15H19N3O2S/c16-10-11-4-9-21-14(11)15(20)18-7-5-17(6-8-18)12-2-1-3-13(12)19/h4,9,12-13,19H,1-3,5-8H2/t12-,13+/m1/s1. The van der Waals surface area contributed by atoms with E-state index in [1.807, 2.05) is 4.90 Å². The number of aliphatic hydroxyl groups is 1. The van der Waals surface area contributed by atoms with Crippen LogP contribution in [0.2, 0.25) is 0 Å². The zero-order valence-corrected chi connectivity index (χ0v) is 12.7. The third-order valence-corrected chi connectivity index (χ3v) is 5.40. The highest BCUT2D eigenvalue weighted by Crippen LogP contribution is 2.26. The van der Waals surface area contributed by atoms with E-state index < -0.39 is 0 Å². The predicted octanol–water partition coefficient (Wildman–Crippen LogP) is 1.29. The molecule has 1 aliphatic heterocycles. The molecular formula is C15H19N3O2S. The number of carbonyl (C=O) groups excluding carboxylic acids is 1. The molecule has 1 aliphatic carbocycles. The average molecular weight is 305 g/mol. The Morgan fingerprint density at radius 3 is 2.71 bits per heavy atom. The minimum absolute atomic E-state index is 0.0341. The normalized spacial score (nSPS) is 26.8. The van der Waals surface area contributed by atoms with Crippen LogP contribution in [-0.4, -0.2) is 59.1 Å². The van der Waals surface area contributed by atoms with Crippen LogP contribution in [0.5, 0.6) is 0 Å². The molecule has 0 aromatic carbocycles. The average Bonchev–Trinajstić information content (AvgIpc) is 3.15. The molecule has 6 heteroatoms. The van der Waals surface area contributed by atoms with Gasteiger partial charge in [0.15, 0.2) is 0 Å². The summed E-state index contributed by atoms with van der Waals surface area (Å²) in [5.41, 5.74) is 0.471. The lowest BCUT2D eigenvalue weighted by Gasteiger charge is -2.39. The van der Waals surface area contributed by atoms with E-state index in [-0.39, 0.29) is 18.1 Å². The quantitative estimate of drug-likeness (QED) is 0.894. The zero-order valence-electron chi connectivity index (χ0n) is 11.9. The molecule has 0 bridgehead atoms. The lowest BCUT2D eigenvalue weighted by atomic mass is 10.1. The smallest absolute Gasteiger partial charge is 0.265 e. The minimum atomic E-state index is -0.213. The van der Waals surface area contributed by atoms with E-state index in [2.05, 4.69) is 11.0 Å². The molecule has 2 aliphatic rings. The number of thiophene rings is 1. The fourth-order valence-electron chi connectivity index (χ4n) is 3.31. The highest BCUT2D eigenvalue weighted by atomic mass is 32.1. The van der Waals surface area contributed by atoms with E-state index in [1.165, 1.54) is 11.3 Å². The largest absolute Gasteiger partial charge is 0.391 e.